The van der Waals surface area contributed by atoms with Crippen molar-refractivity contribution in [3.8, 4) is 5.88 Å². The van der Waals surface area contributed by atoms with Crippen LogP contribution in [-0.2, 0) is 6.54 Å². The Hall–Kier alpha value is -1.20. The Morgan fingerprint density at radius 3 is 2.67 bits per heavy atom. The van der Waals surface area contributed by atoms with Crippen LogP contribution < -0.4 is 4.74 Å². The first-order valence-electron chi connectivity index (χ1n) is 3.15. The van der Waals surface area contributed by atoms with Crippen molar-refractivity contribution in [1.82, 2.24) is 9.78 Å². The molecule has 0 aromatic carbocycles. The van der Waals surface area contributed by atoms with Gasteiger partial charge in [-0.1, -0.05) is 0 Å². The van der Waals surface area contributed by atoms with Gasteiger partial charge in [0.1, 0.15) is 6.54 Å². The molecule has 0 bridgehead atoms. The van der Waals surface area contributed by atoms with Crippen molar-refractivity contribution in [1.29, 1.82) is 0 Å². The number of aromatic nitrogens is 2. The van der Waals surface area contributed by atoms with Gasteiger partial charge in [-0.15, -0.1) is 5.10 Å². The molecular formula is C6H7F3N2O. The number of methoxy groups -OCH3 is 1. The van der Waals surface area contributed by atoms with E-state index in [2.05, 4.69) is 9.84 Å². The minimum Gasteiger partial charge on any atom is -0.480 e. The highest BCUT2D eigenvalue weighted by molar-refractivity contribution is 5.05. The maximum atomic E-state index is 11.8. The molecule has 0 radical (unpaired) electrons. The van der Waals surface area contributed by atoms with Gasteiger partial charge in [-0.05, 0) is 0 Å². The highest BCUT2D eigenvalue weighted by atomic mass is 19.4. The quantitative estimate of drug-likeness (QED) is 0.688. The third-order valence-electron chi connectivity index (χ3n) is 1.17. The van der Waals surface area contributed by atoms with Crippen molar-refractivity contribution in [3.63, 3.8) is 0 Å². The van der Waals surface area contributed by atoms with Crippen molar-refractivity contribution >= 4 is 0 Å². The van der Waals surface area contributed by atoms with Crippen LogP contribution >= 0.6 is 0 Å². The van der Waals surface area contributed by atoms with Gasteiger partial charge in [-0.2, -0.15) is 13.2 Å². The summed E-state index contributed by atoms with van der Waals surface area (Å²) in [4.78, 5) is 0. The van der Waals surface area contributed by atoms with Crippen LogP contribution in [0, 0.1) is 0 Å². The summed E-state index contributed by atoms with van der Waals surface area (Å²) in [5.74, 6) is 0.180. The molecule has 0 spiro atoms. The molecule has 68 valence electrons. The first-order chi connectivity index (χ1) is 5.51. The van der Waals surface area contributed by atoms with Gasteiger partial charge < -0.3 is 4.74 Å². The molecule has 0 aliphatic heterocycles. The van der Waals surface area contributed by atoms with Crippen LogP contribution in [-0.4, -0.2) is 23.1 Å². The van der Waals surface area contributed by atoms with Crippen molar-refractivity contribution in [2.75, 3.05) is 7.11 Å². The van der Waals surface area contributed by atoms with Gasteiger partial charge >= 0.3 is 6.18 Å². The van der Waals surface area contributed by atoms with Gasteiger partial charge in [0, 0.05) is 12.3 Å². The average Bonchev–Trinajstić information content (AvgIpc) is 2.32. The summed E-state index contributed by atoms with van der Waals surface area (Å²) in [6.45, 7) is -1.09. The van der Waals surface area contributed by atoms with E-state index in [-0.39, 0.29) is 5.88 Å². The van der Waals surface area contributed by atoms with E-state index >= 15 is 0 Å². The molecule has 0 aliphatic rings. The Kier molecular flexibility index (Phi) is 2.25. The second-order valence-corrected chi connectivity index (χ2v) is 2.17. The molecule has 0 N–H and O–H groups in total. The van der Waals surface area contributed by atoms with Crippen LogP contribution in [0.2, 0.25) is 0 Å². The Labute approximate surface area is 66.7 Å². The molecule has 0 aliphatic carbocycles. The second kappa shape index (κ2) is 3.04. The highest BCUT2D eigenvalue weighted by Gasteiger charge is 2.28. The highest BCUT2D eigenvalue weighted by Crippen LogP contribution is 2.17. The Morgan fingerprint density at radius 1 is 1.58 bits per heavy atom. The van der Waals surface area contributed by atoms with Crippen molar-refractivity contribution in [3.05, 3.63) is 12.3 Å². The van der Waals surface area contributed by atoms with Gasteiger partial charge in [0.05, 0.1) is 7.11 Å². The molecule has 0 unspecified atom stereocenters. The summed E-state index contributed by atoms with van der Waals surface area (Å²) in [6, 6.07) is 1.37. The zero-order valence-corrected chi connectivity index (χ0v) is 6.30. The first-order valence-corrected chi connectivity index (χ1v) is 3.15. The normalized spacial score (nSPS) is 11.7. The number of hydrogen-bond donors (Lipinski definition) is 0. The minimum atomic E-state index is -4.24. The zero-order chi connectivity index (χ0) is 9.19. The van der Waals surface area contributed by atoms with Gasteiger partial charge in [0.25, 0.3) is 0 Å². The minimum absolute atomic E-state index is 0.180. The molecule has 12 heavy (non-hydrogen) atoms. The van der Waals surface area contributed by atoms with Gasteiger partial charge in [-0.3, -0.25) is 4.68 Å². The van der Waals surface area contributed by atoms with Gasteiger partial charge in [-0.25, -0.2) is 0 Å². The largest absolute Gasteiger partial charge is 0.480 e. The molecule has 0 saturated heterocycles. The van der Waals surface area contributed by atoms with Gasteiger partial charge in [0.2, 0.25) is 5.88 Å². The predicted molar refractivity (Wildman–Crippen MR) is 34.8 cm³/mol. The number of rotatable bonds is 2. The fourth-order valence-corrected chi connectivity index (χ4v) is 0.724. The molecule has 0 amide bonds. The van der Waals surface area contributed by atoms with Gasteiger partial charge in [0.15, 0.2) is 0 Å². The van der Waals surface area contributed by atoms with Crippen LogP contribution in [0.5, 0.6) is 5.88 Å². The van der Waals surface area contributed by atoms with E-state index in [9.17, 15) is 13.2 Å². The summed E-state index contributed by atoms with van der Waals surface area (Å²) in [5, 5.41) is 3.49. The molecule has 0 fully saturated rings. The zero-order valence-electron chi connectivity index (χ0n) is 6.30. The fraction of sp³-hybridized carbons (Fsp3) is 0.500. The number of alkyl halides is 3. The molecule has 1 aromatic heterocycles. The van der Waals surface area contributed by atoms with Crippen LogP contribution in [0.4, 0.5) is 13.2 Å². The van der Waals surface area contributed by atoms with E-state index in [1.54, 1.807) is 0 Å². The third-order valence-corrected chi connectivity index (χ3v) is 1.17. The third kappa shape index (κ3) is 2.44. The predicted octanol–water partition coefficient (Wildman–Crippen LogP) is 1.45. The molecule has 3 nitrogen and oxygen atoms in total. The lowest BCUT2D eigenvalue weighted by molar-refractivity contribution is -0.142. The number of nitrogens with zero attached hydrogens (tertiary/aromatic N) is 2. The van der Waals surface area contributed by atoms with Crippen LogP contribution in [0.1, 0.15) is 0 Å². The molecule has 1 aromatic rings. The summed E-state index contributed by atoms with van der Waals surface area (Å²) < 4.78 is 40.6. The topological polar surface area (TPSA) is 27.1 Å². The first kappa shape index (κ1) is 8.89. The maximum Gasteiger partial charge on any atom is 0.408 e. The number of hydrogen-bond acceptors (Lipinski definition) is 2. The molecule has 1 heterocycles. The molecule has 0 saturated carbocycles. The van der Waals surface area contributed by atoms with E-state index in [0.29, 0.717) is 0 Å². The summed E-state index contributed by atoms with van der Waals surface area (Å²) in [6.07, 6.45) is -3.02. The maximum absolute atomic E-state index is 11.8. The monoisotopic (exact) mass is 180 g/mol. The lowest BCUT2D eigenvalue weighted by atomic mass is 10.6. The molecular weight excluding hydrogens is 173 g/mol. The molecule has 6 heteroatoms. The number of ether oxygens (including phenoxy) is 1. The Morgan fingerprint density at radius 2 is 2.25 bits per heavy atom. The number of halogens is 3. The van der Waals surface area contributed by atoms with Crippen molar-refractivity contribution in [2.24, 2.45) is 0 Å². The van der Waals surface area contributed by atoms with E-state index in [0.717, 1.165) is 4.68 Å². The second-order valence-electron chi connectivity index (χ2n) is 2.17. The Bertz CT molecular complexity index is 256. The summed E-state index contributed by atoms with van der Waals surface area (Å²) in [7, 11) is 1.35. The lowest BCUT2D eigenvalue weighted by Gasteiger charge is -2.04. The van der Waals surface area contributed by atoms with E-state index in [1.807, 2.05) is 0 Å². The Balaban J connectivity index is 2.64. The fourth-order valence-electron chi connectivity index (χ4n) is 0.724. The molecule has 0 atom stereocenters. The van der Waals surface area contributed by atoms with Crippen LogP contribution in [0.3, 0.4) is 0 Å². The standard InChI is InChI=1S/C6H7F3N2O/c1-12-5-2-3-11(10-5)4-6(7,8)9/h2-3H,4H2,1H3. The van der Waals surface area contributed by atoms with Crippen LogP contribution in [0.15, 0.2) is 12.3 Å². The van der Waals surface area contributed by atoms with E-state index in [1.165, 1.54) is 19.4 Å². The summed E-state index contributed by atoms with van der Waals surface area (Å²) >= 11 is 0. The molecule has 1 rings (SSSR count). The SMILES string of the molecule is COc1ccn(CC(F)(F)F)n1. The average molecular weight is 180 g/mol. The lowest BCUT2D eigenvalue weighted by Crippen LogP contribution is -2.17. The van der Waals surface area contributed by atoms with Crippen molar-refractivity contribution in [2.45, 2.75) is 12.7 Å². The smallest absolute Gasteiger partial charge is 0.408 e. The van der Waals surface area contributed by atoms with E-state index < -0.39 is 12.7 Å². The van der Waals surface area contributed by atoms with Crippen LogP contribution in [0.25, 0.3) is 0 Å². The van der Waals surface area contributed by atoms with E-state index in [4.69, 9.17) is 0 Å². The van der Waals surface area contributed by atoms with Crippen molar-refractivity contribution < 1.29 is 17.9 Å². The summed E-state index contributed by atoms with van der Waals surface area (Å²) in [5.41, 5.74) is 0.